The Morgan fingerprint density at radius 3 is 2.33 bits per heavy atom. The molecule has 1 saturated heterocycles. The fourth-order valence-electron chi connectivity index (χ4n) is 3.03. The summed E-state index contributed by atoms with van der Waals surface area (Å²) in [6.07, 6.45) is 4.63. The molecule has 1 heterocycles. The van der Waals surface area contributed by atoms with Crippen LogP contribution in [0.3, 0.4) is 0 Å². The highest BCUT2D eigenvalue weighted by Crippen LogP contribution is 2.20. The van der Waals surface area contributed by atoms with E-state index in [2.05, 4.69) is 38.1 Å². The Kier molecular flexibility index (Phi) is 5.80. The van der Waals surface area contributed by atoms with Crippen LogP contribution in [-0.2, 0) is 17.6 Å². The molecule has 2 rings (SSSR count). The highest BCUT2D eigenvalue weighted by molar-refractivity contribution is 5.76. The Labute approximate surface area is 128 Å². The molecule has 0 saturated carbocycles. The van der Waals surface area contributed by atoms with Gasteiger partial charge in [-0.3, -0.25) is 4.79 Å². The van der Waals surface area contributed by atoms with Crippen LogP contribution in [0.25, 0.3) is 0 Å². The molecule has 3 nitrogen and oxygen atoms in total. The number of rotatable bonds is 5. The number of carbonyl (C=O) groups excluding carboxylic acids is 1. The smallest absolute Gasteiger partial charge is 0.222 e. The summed E-state index contributed by atoms with van der Waals surface area (Å²) < 4.78 is 0. The van der Waals surface area contributed by atoms with Crippen molar-refractivity contribution >= 4 is 5.91 Å². The SMILES string of the molecule is CCc1ccc(CCC(=O)N2CCC(C(C)N)CC2)cc1. The minimum Gasteiger partial charge on any atom is -0.343 e. The van der Waals surface area contributed by atoms with E-state index >= 15 is 0 Å². The van der Waals surface area contributed by atoms with E-state index in [-0.39, 0.29) is 11.9 Å². The molecule has 0 aliphatic carbocycles. The standard InChI is InChI=1S/C18H28N2O/c1-3-15-4-6-16(7-5-15)8-9-18(21)20-12-10-17(11-13-20)14(2)19/h4-7,14,17H,3,8-13,19H2,1-2H3. The first kappa shape index (κ1) is 16.0. The second kappa shape index (κ2) is 7.60. The molecule has 0 bridgehead atoms. The zero-order valence-corrected chi connectivity index (χ0v) is 13.3. The van der Waals surface area contributed by atoms with Gasteiger partial charge in [0.25, 0.3) is 0 Å². The topological polar surface area (TPSA) is 46.3 Å². The summed E-state index contributed by atoms with van der Waals surface area (Å²) >= 11 is 0. The normalized spacial score (nSPS) is 17.8. The number of likely N-dealkylation sites (tertiary alicyclic amines) is 1. The highest BCUT2D eigenvalue weighted by atomic mass is 16.2. The minimum absolute atomic E-state index is 0.249. The molecular weight excluding hydrogens is 260 g/mol. The summed E-state index contributed by atoms with van der Waals surface area (Å²) in [7, 11) is 0. The molecule has 1 fully saturated rings. The average molecular weight is 288 g/mol. The van der Waals surface area contributed by atoms with E-state index in [1.807, 2.05) is 4.90 Å². The van der Waals surface area contributed by atoms with Crippen LogP contribution in [0, 0.1) is 5.92 Å². The maximum Gasteiger partial charge on any atom is 0.222 e. The summed E-state index contributed by atoms with van der Waals surface area (Å²) in [4.78, 5) is 14.3. The number of carbonyl (C=O) groups is 1. The van der Waals surface area contributed by atoms with Crippen molar-refractivity contribution < 1.29 is 4.79 Å². The summed E-state index contributed by atoms with van der Waals surface area (Å²) in [5.41, 5.74) is 8.55. The molecule has 21 heavy (non-hydrogen) atoms. The Morgan fingerprint density at radius 1 is 1.24 bits per heavy atom. The lowest BCUT2D eigenvalue weighted by molar-refractivity contribution is -0.132. The molecule has 1 aliphatic rings. The number of hydrogen-bond donors (Lipinski definition) is 1. The first-order valence-corrected chi connectivity index (χ1v) is 8.21. The molecule has 1 atom stereocenters. The molecule has 3 heteroatoms. The van der Waals surface area contributed by atoms with Gasteiger partial charge in [0.2, 0.25) is 5.91 Å². The van der Waals surface area contributed by atoms with Crippen LogP contribution in [0.5, 0.6) is 0 Å². The zero-order chi connectivity index (χ0) is 15.2. The van der Waals surface area contributed by atoms with Gasteiger partial charge in [0.1, 0.15) is 0 Å². The van der Waals surface area contributed by atoms with E-state index in [0.29, 0.717) is 12.3 Å². The first-order valence-electron chi connectivity index (χ1n) is 8.21. The predicted molar refractivity (Wildman–Crippen MR) is 87.1 cm³/mol. The number of hydrogen-bond acceptors (Lipinski definition) is 2. The van der Waals surface area contributed by atoms with Crippen molar-refractivity contribution in [1.29, 1.82) is 0 Å². The molecule has 0 radical (unpaired) electrons. The predicted octanol–water partition coefficient (Wildman–Crippen LogP) is 2.77. The summed E-state index contributed by atoms with van der Waals surface area (Å²) in [5.74, 6) is 0.869. The molecule has 1 unspecified atom stereocenters. The number of benzene rings is 1. The maximum atomic E-state index is 12.3. The lowest BCUT2D eigenvalue weighted by Gasteiger charge is -2.33. The van der Waals surface area contributed by atoms with Gasteiger partial charge in [-0.05, 0) is 49.7 Å². The molecule has 2 N–H and O–H groups in total. The largest absolute Gasteiger partial charge is 0.343 e. The van der Waals surface area contributed by atoms with Crippen molar-refractivity contribution in [1.82, 2.24) is 4.90 Å². The molecule has 1 aromatic carbocycles. The molecule has 1 aliphatic heterocycles. The first-order chi connectivity index (χ1) is 10.1. The Morgan fingerprint density at radius 2 is 1.81 bits per heavy atom. The van der Waals surface area contributed by atoms with Crippen molar-refractivity contribution in [2.45, 2.75) is 52.0 Å². The van der Waals surface area contributed by atoms with E-state index in [0.717, 1.165) is 38.8 Å². The van der Waals surface area contributed by atoms with Crippen molar-refractivity contribution in [3.63, 3.8) is 0 Å². The monoisotopic (exact) mass is 288 g/mol. The van der Waals surface area contributed by atoms with Crippen molar-refractivity contribution in [3.05, 3.63) is 35.4 Å². The number of aryl methyl sites for hydroxylation is 2. The van der Waals surface area contributed by atoms with Gasteiger partial charge >= 0.3 is 0 Å². The van der Waals surface area contributed by atoms with Crippen LogP contribution in [0.1, 0.15) is 44.2 Å². The second-order valence-corrected chi connectivity index (χ2v) is 6.25. The van der Waals surface area contributed by atoms with Crippen LogP contribution in [0.15, 0.2) is 24.3 Å². The van der Waals surface area contributed by atoms with E-state index < -0.39 is 0 Å². The quantitative estimate of drug-likeness (QED) is 0.905. The lowest BCUT2D eigenvalue weighted by Crippen LogP contribution is -2.42. The third-order valence-corrected chi connectivity index (χ3v) is 4.69. The van der Waals surface area contributed by atoms with E-state index in [1.54, 1.807) is 0 Å². The van der Waals surface area contributed by atoms with Gasteiger partial charge in [0, 0.05) is 25.6 Å². The number of piperidine rings is 1. The van der Waals surface area contributed by atoms with Crippen LogP contribution in [-0.4, -0.2) is 29.9 Å². The van der Waals surface area contributed by atoms with E-state index in [9.17, 15) is 4.79 Å². The van der Waals surface area contributed by atoms with Gasteiger partial charge in [-0.2, -0.15) is 0 Å². The van der Waals surface area contributed by atoms with E-state index in [1.165, 1.54) is 11.1 Å². The van der Waals surface area contributed by atoms with Crippen LogP contribution >= 0.6 is 0 Å². The van der Waals surface area contributed by atoms with Gasteiger partial charge in [-0.25, -0.2) is 0 Å². The van der Waals surface area contributed by atoms with Gasteiger partial charge < -0.3 is 10.6 Å². The third-order valence-electron chi connectivity index (χ3n) is 4.69. The van der Waals surface area contributed by atoms with Crippen molar-refractivity contribution in [3.8, 4) is 0 Å². The van der Waals surface area contributed by atoms with Crippen LogP contribution < -0.4 is 5.73 Å². The summed E-state index contributed by atoms with van der Waals surface area (Å²) in [5, 5.41) is 0. The number of nitrogens with two attached hydrogens (primary N) is 1. The Hall–Kier alpha value is -1.35. The molecule has 1 amide bonds. The average Bonchev–Trinajstić information content (AvgIpc) is 2.53. The van der Waals surface area contributed by atoms with Gasteiger partial charge in [-0.15, -0.1) is 0 Å². The van der Waals surface area contributed by atoms with Gasteiger partial charge in [0.05, 0.1) is 0 Å². The Balaban J connectivity index is 1.77. The molecule has 116 valence electrons. The molecule has 0 spiro atoms. The van der Waals surface area contributed by atoms with Crippen LogP contribution in [0.2, 0.25) is 0 Å². The summed E-state index contributed by atoms with van der Waals surface area (Å²) in [6.45, 7) is 5.98. The van der Waals surface area contributed by atoms with Crippen LogP contribution in [0.4, 0.5) is 0 Å². The number of amides is 1. The summed E-state index contributed by atoms with van der Waals surface area (Å²) in [6, 6.07) is 8.87. The maximum absolute atomic E-state index is 12.3. The second-order valence-electron chi connectivity index (χ2n) is 6.25. The third kappa shape index (κ3) is 4.57. The number of nitrogens with zero attached hydrogens (tertiary/aromatic N) is 1. The fourth-order valence-corrected chi connectivity index (χ4v) is 3.03. The Bertz CT molecular complexity index is 445. The van der Waals surface area contributed by atoms with Crippen molar-refractivity contribution in [2.24, 2.45) is 11.7 Å². The zero-order valence-electron chi connectivity index (χ0n) is 13.3. The van der Waals surface area contributed by atoms with Crippen molar-refractivity contribution in [2.75, 3.05) is 13.1 Å². The minimum atomic E-state index is 0.249. The molecule has 0 aromatic heterocycles. The highest BCUT2D eigenvalue weighted by Gasteiger charge is 2.24. The van der Waals surface area contributed by atoms with Gasteiger partial charge in [-0.1, -0.05) is 31.2 Å². The van der Waals surface area contributed by atoms with E-state index in [4.69, 9.17) is 5.73 Å². The lowest BCUT2D eigenvalue weighted by atomic mass is 9.91. The fraction of sp³-hybridized carbons (Fsp3) is 0.611. The van der Waals surface area contributed by atoms with Gasteiger partial charge in [0.15, 0.2) is 0 Å². The molecular formula is C18H28N2O. The molecule has 1 aromatic rings.